The number of ether oxygens (including phenoxy) is 1. The van der Waals surface area contributed by atoms with E-state index in [1.807, 2.05) is 0 Å². The molecule has 0 saturated heterocycles. The summed E-state index contributed by atoms with van der Waals surface area (Å²) >= 11 is 0.872. The first-order valence-electron chi connectivity index (χ1n) is 6.15. The molecule has 1 aromatic carbocycles. The molecule has 0 bridgehead atoms. The standard InChI is InChI=1S/C13H10F4N2OS/c14-8-3-1-2-7-9(4-5-20-11(7)8)18-12-19-10(6-21-12)13(15,16)17/h1-3,6,9H,4-5H2,(H,18,19)/t9-/m0/s1. The van der Waals surface area contributed by atoms with E-state index in [0.29, 0.717) is 18.6 Å². The van der Waals surface area contributed by atoms with E-state index in [2.05, 4.69) is 10.3 Å². The van der Waals surface area contributed by atoms with Crippen LogP contribution in [0.4, 0.5) is 22.7 Å². The lowest BCUT2D eigenvalue weighted by Gasteiger charge is -2.26. The van der Waals surface area contributed by atoms with E-state index in [0.717, 1.165) is 16.7 Å². The number of anilines is 1. The number of thiazole rings is 1. The molecule has 21 heavy (non-hydrogen) atoms. The Morgan fingerprint density at radius 1 is 1.33 bits per heavy atom. The number of nitrogens with zero attached hydrogens (tertiary/aromatic N) is 1. The summed E-state index contributed by atoms with van der Waals surface area (Å²) < 4.78 is 56.5. The summed E-state index contributed by atoms with van der Waals surface area (Å²) in [7, 11) is 0. The monoisotopic (exact) mass is 318 g/mol. The molecule has 1 N–H and O–H groups in total. The average molecular weight is 318 g/mol. The van der Waals surface area contributed by atoms with E-state index >= 15 is 0 Å². The van der Waals surface area contributed by atoms with Crippen LogP contribution in [0, 0.1) is 5.82 Å². The Morgan fingerprint density at radius 2 is 2.14 bits per heavy atom. The van der Waals surface area contributed by atoms with Crippen LogP contribution in [0.15, 0.2) is 23.6 Å². The van der Waals surface area contributed by atoms with E-state index < -0.39 is 17.7 Å². The van der Waals surface area contributed by atoms with Gasteiger partial charge in [-0.25, -0.2) is 9.37 Å². The van der Waals surface area contributed by atoms with Gasteiger partial charge in [0, 0.05) is 17.4 Å². The Morgan fingerprint density at radius 3 is 2.86 bits per heavy atom. The lowest BCUT2D eigenvalue weighted by atomic mass is 10.0. The van der Waals surface area contributed by atoms with Crippen molar-refractivity contribution >= 4 is 16.5 Å². The van der Waals surface area contributed by atoms with Crippen LogP contribution in [0.1, 0.15) is 23.7 Å². The number of aromatic nitrogens is 1. The summed E-state index contributed by atoms with van der Waals surface area (Å²) in [6, 6.07) is 4.19. The third-order valence-electron chi connectivity index (χ3n) is 3.12. The molecule has 1 aromatic heterocycles. The summed E-state index contributed by atoms with van der Waals surface area (Å²) in [5.41, 5.74) is -0.341. The Kier molecular flexibility index (Phi) is 3.48. The molecule has 2 aromatic rings. The molecule has 3 nitrogen and oxygen atoms in total. The molecule has 1 atom stereocenters. The highest BCUT2D eigenvalue weighted by Crippen LogP contribution is 2.38. The van der Waals surface area contributed by atoms with Gasteiger partial charge >= 0.3 is 6.18 Å². The summed E-state index contributed by atoms with van der Waals surface area (Å²) in [5, 5.41) is 4.03. The van der Waals surface area contributed by atoms with Crippen LogP contribution in [0.5, 0.6) is 5.75 Å². The molecule has 0 fully saturated rings. The Hall–Kier alpha value is -1.83. The van der Waals surface area contributed by atoms with Crippen LogP contribution < -0.4 is 10.1 Å². The summed E-state index contributed by atoms with van der Waals surface area (Å²) in [6.45, 7) is 0.295. The molecule has 1 aliphatic heterocycles. The third kappa shape index (κ3) is 2.80. The van der Waals surface area contributed by atoms with Crippen molar-refractivity contribution in [2.24, 2.45) is 0 Å². The normalized spacial score (nSPS) is 18.0. The van der Waals surface area contributed by atoms with E-state index in [-0.39, 0.29) is 16.9 Å². The minimum atomic E-state index is -4.46. The van der Waals surface area contributed by atoms with Crippen LogP contribution in [-0.2, 0) is 6.18 Å². The molecule has 8 heteroatoms. The Labute approximate surface area is 121 Å². The van der Waals surface area contributed by atoms with Gasteiger partial charge in [-0.15, -0.1) is 11.3 Å². The molecule has 0 unspecified atom stereocenters. The van der Waals surface area contributed by atoms with E-state index in [4.69, 9.17) is 4.74 Å². The largest absolute Gasteiger partial charge is 0.490 e. The van der Waals surface area contributed by atoms with Crippen molar-refractivity contribution in [2.45, 2.75) is 18.6 Å². The minimum Gasteiger partial charge on any atom is -0.490 e. The highest BCUT2D eigenvalue weighted by molar-refractivity contribution is 7.13. The van der Waals surface area contributed by atoms with Gasteiger partial charge in [0.1, 0.15) is 0 Å². The van der Waals surface area contributed by atoms with Gasteiger partial charge in [0.2, 0.25) is 0 Å². The average Bonchev–Trinajstić information content (AvgIpc) is 2.89. The number of para-hydroxylation sites is 1. The number of nitrogens with one attached hydrogen (secondary N) is 1. The molecule has 3 rings (SSSR count). The molecule has 0 radical (unpaired) electrons. The second-order valence-corrected chi connectivity index (χ2v) is 5.39. The first-order chi connectivity index (χ1) is 9.95. The van der Waals surface area contributed by atoms with Crippen molar-refractivity contribution in [3.63, 3.8) is 0 Å². The topological polar surface area (TPSA) is 34.1 Å². The smallest absolute Gasteiger partial charge is 0.434 e. The molecular formula is C13H10F4N2OS. The molecule has 0 saturated carbocycles. The third-order valence-corrected chi connectivity index (χ3v) is 3.89. The zero-order valence-corrected chi connectivity index (χ0v) is 11.4. The van der Waals surface area contributed by atoms with Gasteiger partial charge in [0.05, 0.1) is 12.6 Å². The summed E-state index contributed by atoms with van der Waals surface area (Å²) in [6.07, 6.45) is -3.94. The maximum Gasteiger partial charge on any atom is 0.434 e. The fourth-order valence-electron chi connectivity index (χ4n) is 2.16. The number of rotatable bonds is 2. The second-order valence-electron chi connectivity index (χ2n) is 4.53. The van der Waals surface area contributed by atoms with Crippen molar-refractivity contribution in [3.8, 4) is 5.75 Å². The molecule has 0 amide bonds. The predicted molar refractivity (Wildman–Crippen MR) is 70.0 cm³/mol. The molecule has 0 aliphatic carbocycles. The predicted octanol–water partition coefficient (Wildman–Crippen LogP) is 4.24. The molecular weight excluding hydrogens is 308 g/mol. The van der Waals surface area contributed by atoms with Crippen molar-refractivity contribution in [3.05, 3.63) is 40.7 Å². The zero-order valence-electron chi connectivity index (χ0n) is 10.6. The molecule has 2 heterocycles. The fourth-order valence-corrected chi connectivity index (χ4v) is 2.93. The number of benzene rings is 1. The minimum absolute atomic E-state index is 0.147. The highest BCUT2D eigenvalue weighted by atomic mass is 32.1. The number of alkyl halides is 3. The van der Waals surface area contributed by atoms with Gasteiger partial charge in [-0.3, -0.25) is 0 Å². The van der Waals surface area contributed by atoms with Crippen LogP contribution in [0.3, 0.4) is 0 Å². The molecule has 1 aliphatic rings. The number of hydrogen-bond donors (Lipinski definition) is 1. The van der Waals surface area contributed by atoms with Crippen molar-refractivity contribution in [1.29, 1.82) is 0 Å². The van der Waals surface area contributed by atoms with Crippen LogP contribution in [0.25, 0.3) is 0 Å². The van der Waals surface area contributed by atoms with Gasteiger partial charge in [0.25, 0.3) is 0 Å². The number of hydrogen-bond acceptors (Lipinski definition) is 4. The summed E-state index contributed by atoms with van der Waals surface area (Å²) in [5.74, 6) is -0.331. The van der Waals surface area contributed by atoms with Crippen LogP contribution >= 0.6 is 11.3 Å². The van der Waals surface area contributed by atoms with Gasteiger partial charge < -0.3 is 10.1 Å². The summed E-state index contributed by atoms with van der Waals surface area (Å²) in [4.78, 5) is 3.52. The second kappa shape index (κ2) is 5.18. The van der Waals surface area contributed by atoms with Gasteiger partial charge in [-0.1, -0.05) is 12.1 Å². The first-order valence-corrected chi connectivity index (χ1v) is 7.03. The van der Waals surface area contributed by atoms with Crippen LogP contribution in [-0.4, -0.2) is 11.6 Å². The Balaban J connectivity index is 1.84. The fraction of sp³-hybridized carbons (Fsp3) is 0.308. The lowest BCUT2D eigenvalue weighted by molar-refractivity contribution is -0.140. The van der Waals surface area contributed by atoms with Crippen molar-refractivity contribution < 1.29 is 22.3 Å². The number of fused-ring (bicyclic) bond motifs is 1. The zero-order chi connectivity index (χ0) is 15.0. The maximum atomic E-state index is 13.6. The SMILES string of the molecule is Fc1cccc2c1OCC[C@@H]2Nc1nc(C(F)(F)F)cs1. The first kappa shape index (κ1) is 14.1. The Bertz CT molecular complexity index is 656. The van der Waals surface area contributed by atoms with Crippen molar-refractivity contribution in [1.82, 2.24) is 4.98 Å². The highest BCUT2D eigenvalue weighted by Gasteiger charge is 2.34. The van der Waals surface area contributed by atoms with Gasteiger partial charge in [0.15, 0.2) is 22.4 Å². The lowest BCUT2D eigenvalue weighted by Crippen LogP contribution is -2.21. The molecule has 112 valence electrons. The van der Waals surface area contributed by atoms with Crippen molar-refractivity contribution in [2.75, 3.05) is 11.9 Å². The van der Waals surface area contributed by atoms with E-state index in [1.165, 1.54) is 6.07 Å². The maximum absolute atomic E-state index is 13.6. The van der Waals surface area contributed by atoms with Gasteiger partial charge in [-0.2, -0.15) is 13.2 Å². The molecule has 0 spiro atoms. The quantitative estimate of drug-likeness (QED) is 0.841. The van der Waals surface area contributed by atoms with Gasteiger partial charge in [-0.05, 0) is 6.07 Å². The number of halogens is 4. The van der Waals surface area contributed by atoms with Crippen LogP contribution in [0.2, 0.25) is 0 Å². The van der Waals surface area contributed by atoms with E-state index in [9.17, 15) is 17.6 Å². The van der Waals surface area contributed by atoms with E-state index in [1.54, 1.807) is 12.1 Å².